The molecule has 0 radical (unpaired) electrons. The quantitative estimate of drug-likeness (QED) is 0.769. The first kappa shape index (κ1) is 17.9. The SMILES string of the molecule is CN(CC(=O)OC1CCCCCCC1)S(=O)(=O)c1cccnc1. The number of nitrogens with zero attached hydrogens (tertiary/aromatic N) is 2. The number of rotatable bonds is 5. The normalized spacial score (nSPS) is 17.5. The lowest BCUT2D eigenvalue weighted by Gasteiger charge is -2.22. The smallest absolute Gasteiger partial charge is 0.321 e. The molecule has 1 aliphatic rings. The number of esters is 1. The minimum absolute atomic E-state index is 0.0706. The lowest BCUT2D eigenvalue weighted by molar-refractivity contribution is -0.150. The third-order valence-corrected chi connectivity index (χ3v) is 5.83. The van der Waals surface area contributed by atoms with Gasteiger partial charge in [-0.25, -0.2) is 8.42 Å². The number of sulfonamides is 1. The molecule has 1 aromatic rings. The Kier molecular flexibility index (Phi) is 6.53. The summed E-state index contributed by atoms with van der Waals surface area (Å²) in [6.45, 7) is -0.284. The van der Waals surface area contributed by atoms with E-state index in [1.54, 1.807) is 6.07 Å². The standard InChI is InChI=1S/C16H24N2O4S/c1-18(23(20,21)15-10-7-11-17-12-15)13-16(19)22-14-8-5-3-2-4-6-9-14/h7,10-12,14H,2-6,8-9,13H2,1H3. The maximum Gasteiger partial charge on any atom is 0.321 e. The monoisotopic (exact) mass is 340 g/mol. The Morgan fingerprint density at radius 1 is 1.26 bits per heavy atom. The van der Waals surface area contributed by atoms with E-state index in [4.69, 9.17) is 4.74 Å². The number of aromatic nitrogens is 1. The van der Waals surface area contributed by atoms with E-state index in [0.717, 1.165) is 30.0 Å². The van der Waals surface area contributed by atoms with Gasteiger partial charge in [-0.2, -0.15) is 4.31 Å². The zero-order valence-electron chi connectivity index (χ0n) is 13.5. The second kappa shape index (κ2) is 8.40. The number of pyridine rings is 1. The second-order valence-corrected chi connectivity index (χ2v) is 7.95. The van der Waals surface area contributed by atoms with E-state index in [1.165, 1.54) is 44.8 Å². The fraction of sp³-hybridized carbons (Fsp3) is 0.625. The van der Waals surface area contributed by atoms with Crippen LogP contribution in [0.5, 0.6) is 0 Å². The third kappa shape index (κ3) is 5.28. The summed E-state index contributed by atoms with van der Waals surface area (Å²) in [6, 6.07) is 3.01. The van der Waals surface area contributed by atoms with Crippen LogP contribution in [0.4, 0.5) is 0 Å². The number of likely N-dealkylation sites (N-methyl/N-ethyl adjacent to an activating group) is 1. The molecule has 6 nitrogen and oxygen atoms in total. The Balaban J connectivity index is 1.91. The van der Waals surface area contributed by atoms with Crippen molar-refractivity contribution in [3.05, 3.63) is 24.5 Å². The topological polar surface area (TPSA) is 76.6 Å². The summed E-state index contributed by atoms with van der Waals surface area (Å²) in [7, 11) is -2.34. The largest absolute Gasteiger partial charge is 0.461 e. The molecule has 0 amide bonds. The van der Waals surface area contributed by atoms with Gasteiger partial charge in [-0.1, -0.05) is 19.3 Å². The third-order valence-electron chi connectivity index (χ3n) is 4.04. The molecule has 1 saturated carbocycles. The highest BCUT2D eigenvalue weighted by Gasteiger charge is 2.25. The van der Waals surface area contributed by atoms with E-state index in [2.05, 4.69) is 4.98 Å². The van der Waals surface area contributed by atoms with Gasteiger partial charge in [0.25, 0.3) is 0 Å². The van der Waals surface area contributed by atoms with Gasteiger partial charge < -0.3 is 4.74 Å². The summed E-state index contributed by atoms with van der Waals surface area (Å²) in [5.41, 5.74) is 0. The Morgan fingerprint density at radius 2 is 1.91 bits per heavy atom. The van der Waals surface area contributed by atoms with Gasteiger partial charge in [0.1, 0.15) is 17.5 Å². The van der Waals surface area contributed by atoms with Crippen molar-refractivity contribution >= 4 is 16.0 Å². The first-order valence-electron chi connectivity index (χ1n) is 8.06. The maximum absolute atomic E-state index is 12.3. The summed E-state index contributed by atoms with van der Waals surface area (Å²) < 4.78 is 31.2. The number of carbonyl (C=O) groups excluding carboxylic acids is 1. The van der Waals surface area contributed by atoms with Crippen molar-refractivity contribution in [2.45, 2.75) is 55.9 Å². The van der Waals surface area contributed by atoms with Crippen LogP contribution in [0, 0.1) is 0 Å². The molecule has 128 valence electrons. The maximum atomic E-state index is 12.3. The first-order chi connectivity index (χ1) is 11.0. The lowest BCUT2D eigenvalue weighted by atomic mass is 9.99. The number of carbonyl (C=O) groups is 1. The van der Waals surface area contributed by atoms with Crippen molar-refractivity contribution in [1.82, 2.24) is 9.29 Å². The molecule has 0 bridgehead atoms. The van der Waals surface area contributed by atoms with E-state index in [1.807, 2.05) is 0 Å². The minimum Gasteiger partial charge on any atom is -0.461 e. The molecule has 1 fully saturated rings. The zero-order valence-corrected chi connectivity index (χ0v) is 14.3. The van der Waals surface area contributed by atoms with Crippen LogP contribution in [-0.2, 0) is 19.6 Å². The predicted molar refractivity (Wildman–Crippen MR) is 86.3 cm³/mol. The predicted octanol–water partition coefficient (Wildman–Crippen LogP) is 2.36. The number of hydrogen-bond acceptors (Lipinski definition) is 5. The van der Waals surface area contributed by atoms with E-state index in [9.17, 15) is 13.2 Å². The zero-order chi connectivity index (χ0) is 16.7. The molecular formula is C16H24N2O4S. The van der Waals surface area contributed by atoms with Gasteiger partial charge in [-0.05, 0) is 37.8 Å². The Labute approximate surface area is 137 Å². The first-order valence-corrected chi connectivity index (χ1v) is 9.50. The van der Waals surface area contributed by atoms with Gasteiger partial charge in [0.15, 0.2) is 0 Å². The van der Waals surface area contributed by atoms with Crippen LogP contribution in [0.15, 0.2) is 29.4 Å². The van der Waals surface area contributed by atoms with Gasteiger partial charge in [-0.15, -0.1) is 0 Å². The Morgan fingerprint density at radius 3 is 2.52 bits per heavy atom. The highest BCUT2D eigenvalue weighted by Crippen LogP contribution is 2.20. The molecule has 1 aliphatic carbocycles. The Bertz CT molecular complexity index is 596. The van der Waals surface area contributed by atoms with Crippen molar-refractivity contribution in [2.24, 2.45) is 0 Å². The molecular weight excluding hydrogens is 316 g/mol. The van der Waals surface area contributed by atoms with Crippen molar-refractivity contribution < 1.29 is 17.9 Å². The van der Waals surface area contributed by atoms with E-state index >= 15 is 0 Å². The van der Waals surface area contributed by atoms with Crippen molar-refractivity contribution in [3.63, 3.8) is 0 Å². The molecule has 0 N–H and O–H groups in total. The summed E-state index contributed by atoms with van der Waals surface area (Å²) in [5, 5.41) is 0. The van der Waals surface area contributed by atoms with Gasteiger partial charge in [-0.3, -0.25) is 9.78 Å². The molecule has 2 rings (SSSR count). The van der Waals surface area contributed by atoms with Gasteiger partial charge in [0.2, 0.25) is 10.0 Å². The molecule has 1 heterocycles. The fourth-order valence-electron chi connectivity index (χ4n) is 2.71. The molecule has 0 aromatic carbocycles. The van der Waals surface area contributed by atoms with Crippen molar-refractivity contribution in [3.8, 4) is 0 Å². The second-order valence-electron chi connectivity index (χ2n) is 5.91. The molecule has 0 saturated heterocycles. The molecule has 1 aromatic heterocycles. The van der Waals surface area contributed by atoms with Crippen LogP contribution in [0.3, 0.4) is 0 Å². The Hall–Kier alpha value is -1.47. The van der Waals surface area contributed by atoms with Gasteiger partial charge in [0, 0.05) is 19.4 Å². The van der Waals surface area contributed by atoms with E-state index in [0.29, 0.717) is 0 Å². The minimum atomic E-state index is -3.72. The molecule has 0 spiro atoms. The average molecular weight is 340 g/mol. The van der Waals surface area contributed by atoms with Gasteiger partial charge in [0.05, 0.1) is 0 Å². The molecule has 0 aliphatic heterocycles. The van der Waals surface area contributed by atoms with Crippen molar-refractivity contribution in [1.29, 1.82) is 0 Å². The lowest BCUT2D eigenvalue weighted by Crippen LogP contribution is -2.34. The van der Waals surface area contributed by atoms with Gasteiger partial charge >= 0.3 is 5.97 Å². The molecule has 7 heteroatoms. The van der Waals surface area contributed by atoms with Crippen LogP contribution in [0.25, 0.3) is 0 Å². The van der Waals surface area contributed by atoms with Crippen LogP contribution in [-0.4, -0.2) is 43.4 Å². The average Bonchev–Trinajstić information content (AvgIpc) is 2.50. The van der Waals surface area contributed by atoms with Crippen molar-refractivity contribution in [2.75, 3.05) is 13.6 Å². The number of ether oxygens (including phenoxy) is 1. The fourth-order valence-corrected chi connectivity index (χ4v) is 3.79. The van der Waals surface area contributed by atoms with Crippen LogP contribution >= 0.6 is 0 Å². The van der Waals surface area contributed by atoms with Crippen LogP contribution < -0.4 is 0 Å². The van der Waals surface area contributed by atoms with E-state index in [-0.39, 0.29) is 17.5 Å². The highest BCUT2D eigenvalue weighted by atomic mass is 32.2. The summed E-state index contributed by atoms with van der Waals surface area (Å²) >= 11 is 0. The highest BCUT2D eigenvalue weighted by molar-refractivity contribution is 7.89. The van der Waals surface area contributed by atoms with Crippen LogP contribution in [0.1, 0.15) is 44.9 Å². The van der Waals surface area contributed by atoms with Crippen LogP contribution in [0.2, 0.25) is 0 Å². The number of hydrogen-bond donors (Lipinski definition) is 0. The van der Waals surface area contributed by atoms with E-state index < -0.39 is 16.0 Å². The molecule has 0 unspecified atom stereocenters. The molecule has 23 heavy (non-hydrogen) atoms. The molecule has 0 atom stereocenters. The summed E-state index contributed by atoms with van der Waals surface area (Å²) in [5.74, 6) is -0.495. The summed E-state index contributed by atoms with van der Waals surface area (Å²) in [4.78, 5) is 15.9. The summed E-state index contributed by atoms with van der Waals surface area (Å²) in [6.07, 6.45) is 10.1.